The molecule has 4 aromatic rings. The van der Waals surface area contributed by atoms with Gasteiger partial charge in [-0.3, -0.25) is 9.36 Å². The van der Waals surface area contributed by atoms with Crippen LogP contribution in [0.2, 0.25) is 0 Å². The average molecular weight is 576 g/mol. The molecule has 5 rings (SSSR count). The number of esters is 1. The molecule has 2 aromatic heterocycles. The lowest BCUT2D eigenvalue weighted by molar-refractivity contribution is -0.149. The predicted molar refractivity (Wildman–Crippen MR) is 141 cm³/mol. The number of hydrogen-bond acceptors (Lipinski definition) is 8. The molecule has 0 amide bonds. The van der Waals surface area contributed by atoms with E-state index in [2.05, 4.69) is 4.37 Å². The van der Waals surface area contributed by atoms with E-state index in [1.165, 1.54) is 12.1 Å². The Hall–Kier alpha value is -3.97. The number of rotatable bonds is 7. The summed E-state index contributed by atoms with van der Waals surface area (Å²) in [6.45, 7) is 2.34. The van der Waals surface area contributed by atoms with E-state index in [1.807, 2.05) is 19.1 Å². The maximum atomic E-state index is 13.3. The van der Waals surface area contributed by atoms with E-state index < -0.39 is 29.1 Å². The molecule has 2 aromatic carbocycles. The highest BCUT2D eigenvalue weighted by atomic mass is 32.1. The average Bonchev–Trinajstić information content (AvgIpc) is 3.58. The van der Waals surface area contributed by atoms with Crippen molar-refractivity contribution in [3.05, 3.63) is 74.6 Å². The van der Waals surface area contributed by atoms with Crippen molar-refractivity contribution in [3.63, 3.8) is 0 Å². The molecule has 0 bridgehead atoms. The third-order valence-electron chi connectivity index (χ3n) is 6.51. The van der Waals surface area contributed by atoms with Crippen LogP contribution in [-0.2, 0) is 27.5 Å². The van der Waals surface area contributed by atoms with Crippen molar-refractivity contribution in [2.75, 3.05) is 19.8 Å². The second-order valence-electron chi connectivity index (χ2n) is 9.36. The maximum absolute atomic E-state index is 13.3. The monoisotopic (exact) mass is 575 g/mol. The van der Waals surface area contributed by atoms with Crippen molar-refractivity contribution < 1.29 is 32.2 Å². The van der Waals surface area contributed by atoms with Crippen LogP contribution in [0.4, 0.5) is 13.2 Å². The fourth-order valence-electron chi connectivity index (χ4n) is 4.49. The van der Waals surface area contributed by atoms with Crippen LogP contribution in [0.3, 0.4) is 0 Å². The van der Waals surface area contributed by atoms with E-state index in [0.717, 1.165) is 37.0 Å². The molecule has 0 spiro atoms. The number of ether oxygens (including phenoxy) is 3. The minimum Gasteiger partial charge on any atom is -0.481 e. The van der Waals surface area contributed by atoms with Gasteiger partial charge >= 0.3 is 17.8 Å². The van der Waals surface area contributed by atoms with Gasteiger partial charge in [0.05, 0.1) is 22.2 Å². The number of carbonyl (C=O) groups excluding carboxylic acids is 1. The van der Waals surface area contributed by atoms with Crippen LogP contribution in [0, 0.1) is 6.92 Å². The first kappa shape index (κ1) is 27.6. The summed E-state index contributed by atoms with van der Waals surface area (Å²) in [5.74, 6) is -0.190. The number of halogens is 3. The van der Waals surface area contributed by atoms with Crippen LogP contribution >= 0.6 is 11.5 Å². The molecule has 1 aliphatic rings. The van der Waals surface area contributed by atoms with Gasteiger partial charge in [0, 0.05) is 30.7 Å². The number of carbonyl (C=O) groups is 1. The highest BCUT2D eigenvalue weighted by Crippen LogP contribution is 2.37. The third-order valence-corrected chi connectivity index (χ3v) is 7.34. The standard InChI is InChI=1S/C27H24F3N3O6S/c1-15-5-7-20(38-14-24(35)39-13-17-4-3-9-37-17)18(10-15)25-19-11-16(6-8-21(19)40-31-25)33-23(34)12-22(27(28,29)30)32(2)26(33)36/h5-8,10-12,17H,3-4,9,13-14H2,1-2H3. The first-order valence-electron chi connectivity index (χ1n) is 12.3. The lowest BCUT2D eigenvalue weighted by atomic mass is 10.0. The minimum absolute atomic E-state index is 0.0844. The molecule has 9 nitrogen and oxygen atoms in total. The van der Waals surface area contributed by atoms with Gasteiger partial charge in [-0.05, 0) is 61.6 Å². The van der Waals surface area contributed by atoms with Gasteiger partial charge in [0.15, 0.2) is 6.61 Å². The van der Waals surface area contributed by atoms with E-state index in [1.54, 1.807) is 12.1 Å². The Labute approximate surface area is 229 Å². The second-order valence-corrected chi connectivity index (χ2v) is 10.2. The Morgan fingerprint density at radius 1 is 1.18 bits per heavy atom. The summed E-state index contributed by atoms with van der Waals surface area (Å²) in [6, 6.07) is 10.3. The topological polar surface area (TPSA) is 102 Å². The number of hydrogen-bond donors (Lipinski definition) is 0. The zero-order valence-corrected chi connectivity index (χ0v) is 22.3. The highest BCUT2D eigenvalue weighted by molar-refractivity contribution is 7.13. The van der Waals surface area contributed by atoms with Gasteiger partial charge in [0.1, 0.15) is 18.1 Å². The first-order chi connectivity index (χ1) is 19.0. The molecule has 1 fully saturated rings. The Bertz CT molecular complexity index is 1700. The lowest BCUT2D eigenvalue weighted by Gasteiger charge is -2.14. The summed E-state index contributed by atoms with van der Waals surface area (Å²) < 4.78 is 62.7. The second kappa shape index (κ2) is 10.9. The first-order valence-corrected chi connectivity index (χ1v) is 13.1. The number of benzene rings is 2. The van der Waals surface area contributed by atoms with Crippen molar-refractivity contribution in [3.8, 4) is 22.7 Å². The predicted octanol–water partition coefficient (Wildman–Crippen LogP) is 4.24. The number of aromatic nitrogens is 3. The fourth-order valence-corrected chi connectivity index (χ4v) is 5.26. The van der Waals surface area contributed by atoms with E-state index >= 15 is 0 Å². The molecule has 1 unspecified atom stereocenters. The molecule has 0 saturated carbocycles. The summed E-state index contributed by atoms with van der Waals surface area (Å²) in [7, 11) is 0.958. The number of fused-ring (bicyclic) bond motifs is 1. The molecular formula is C27H24F3N3O6S. The quantitative estimate of drug-likeness (QED) is 0.304. The Morgan fingerprint density at radius 2 is 1.98 bits per heavy atom. The lowest BCUT2D eigenvalue weighted by Crippen LogP contribution is -2.40. The van der Waals surface area contributed by atoms with Gasteiger partial charge in [-0.1, -0.05) is 11.6 Å². The van der Waals surface area contributed by atoms with Crippen LogP contribution in [0.1, 0.15) is 24.1 Å². The maximum Gasteiger partial charge on any atom is 0.431 e. The fraction of sp³-hybridized carbons (Fsp3) is 0.333. The number of aryl methyl sites for hydroxylation is 1. The molecule has 3 heterocycles. The van der Waals surface area contributed by atoms with Crippen molar-refractivity contribution in [2.45, 2.75) is 32.0 Å². The molecule has 0 N–H and O–H groups in total. The summed E-state index contributed by atoms with van der Waals surface area (Å²) in [5.41, 5.74) is -1.60. The van der Waals surface area contributed by atoms with Crippen molar-refractivity contribution in [2.24, 2.45) is 7.05 Å². The van der Waals surface area contributed by atoms with Gasteiger partial charge in [0.2, 0.25) is 0 Å². The Balaban J connectivity index is 1.48. The van der Waals surface area contributed by atoms with Crippen molar-refractivity contribution >= 4 is 27.6 Å². The van der Waals surface area contributed by atoms with Gasteiger partial charge in [-0.2, -0.15) is 17.5 Å². The summed E-state index contributed by atoms with van der Waals surface area (Å²) in [4.78, 5) is 37.7. The number of nitrogens with zero attached hydrogens (tertiary/aromatic N) is 3. The molecule has 0 radical (unpaired) electrons. The van der Waals surface area contributed by atoms with E-state index in [-0.39, 0.29) is 25.0 Å². The van der Waals surface area contributed by atoms with E-state index in [9.17, 15) is 27.6 Å². The normalized spacial score (nSPS) is 15.5. The molecule has 13 heteroatoms. The summed E-state index contributed by atoms with van der Waals surface area (Å²) in [5, 5.41) is 0.549. The summed E-state index contributed by atoms with van der Waals surface area (Å²) in [6.07, 6.45) is -3.21. The highest BCUT2D eigenvalue weighted by Gasteiger charge is 2.35. The molecule has 0 aliphatic carbocycles. The van der Waals surface area contributed by atoms with Crippen molar-refractivity contribution in [1.82, 2.24) is 13.5 Å². The molecule has 1 saturated heterocycles. The van der Waals surface area contributed by atoms with Crippen LogP contribution in [0.25, 0.3) is 27.0 Å². The SMILES string of the molecule is Cc1ccc(OCC(=O)OCC2CCCO2)c(-c2nsc3ccc(-n4c(=O)cc(C(F)(F)F)n(C)c4=O)cc23)c1. The molecule has 1 atom stereocenters. The largest absolute Gasteiger partial charge is 0.481 e. The van der Waals surface area contributed by atoms with Gasteiger partial charge < -0.3 is 14.2 Å². The van der Waals surface area contributed by atoms with E-state index in [0.29, 0.717) is 48.9 Å². The minimum atomic E-state index is -4.86. The van der Waals surface area contributed by atoms with E-state index in [4.69, 9.17) is 14.2 Å². The Kier molecular flexibility index (Phi) is 7.51. The molecule has 210 valence electrons. The van der Waals surface area contributed by atoms with Gasteiger partial charge in [-0.25, -0.2) is 14.2 Å². The van der Waals surface area contributed by atoms with Gasteiger partial charge in [-0.15, -0.1) is 0 Å². The summed E-state index contributed by atoms with van der Waals surface area (Å²) >= 11 is 1.16. The van der Waals surface area contributed by atoms with Crippen LogP contribution < -0.4 is 16.0 Å². The van der Waals surface area contributed by atoms with Gasteiger partial charge in [0.25, 0.3) is 5.56 Å². The Morgan fingerprint density at radius 3 is 2.70 bits per heavy atom. The molecular weight excluding hydrogens is 551 g/mol. The zero-order chi connectivity index (χ0) is 28.6. The zero-order valence-electron chi connectivity index (χ0n) is 21.5. The smallest absolute Gasteiger partial charge is 0.431 e. The van der Waals surface area contributed by atoms with Crippen molar-refractivity contribution in [1.29, 1.82) is 0 Å². The molecule has 40 heavy (non-hydrogen) atoms. The third kappa shape index (κ3) is 5.52. The van der Waals surface area contributed by atoms with Crippen LogP contribution in [-0.4, -0.2) is 45.4 Å². The van der Waals surface area contributed by atoms with Crippen LogP contribution in [0.15, 0.2) is 52.1 Å². The number of alkyl halides is 3. The molecule has 1 aliphatic heterocycles. The van der Waals surface area contributed by atoms with Crippen LogP contribution in [0.5, 0.6) is 5.75 Å².